The van der Waals surface area contributed by atoms with Gasteiger partial charge in [-0.2, -0.15) is 0 Å². The van der Waals surface area contributed by atoms with Crippen molar-refractivity contribution in [1.29, 1.82) is 0 Å². The van der Waals surface area contributed by atoms with Gasteiger partial charge in [-0.05, 0) is 58.2 Å². The first-order chi connectivity index (χ1) is 11.8. The second kappa shape index (κ2) is 5.68. The van der Waals surface area contributed by atoms with E-state index in [1.165, 1.54) is 33.4 Å². The van der Waals surface area contributed by atoms with E-state index >= 15 is 0 Å². The fourth-order valence-corrected chi connectivity index (χ4v) is 4.13. The largest absolute Gasteiger partial charge is 0.247 e. The summed E-state index contributed by atoms with van der Waals surface area (Å²) in [7, 11) is 0. The molecule has 0 spiro atoms. The van der Waals surface area contributed by atoms with Gasteiger partial charge in [0.05, 0.1) is 0 Å². The Morgan fingerprint density at radius 1 is 0.885 bits per heavy atom. The average Bonchev–Trinajstić information content (AvgIpc) is 2.74. The third-order valence-corrected chi connectivity index (χ3v) is 6.58. The molecule has 0 amide bonds. The molecule has 0 aromatic heterocycles. The van der Waals surface area contributed by atoms with Crippen molar-refractivity contribution in [2.24, 2.45) is 0 Å². The molecule has 1 aliphatic rings. The minimum atomic E-state index is -0.887. The molecule has 0 saturated carbocycles. The van der Waals surface area contributed by atoms with Gasteiger partial charge in [0.15, 0.2) is 0 Å². The third-order valence-electron chi connectivity index (χ3n) is 6.58. The van der Waals surface area contributed by atoms with E-state index in [1.54, 1.807) is 6.92 Å². The molecule has 2 aromatic carbocycles. The van der Waals surface area contributed by atoms with Gasteiger partial charge in [-0.25, -0.2) is 4.39 Å². The highest BCUT2D eigenvalue weighted by Gasteiger charge is 2.39. The van der Waals surface area contributed by atoms with Crippen molar-refractivity contribution in [3.05, 3.63) is 58.1 Å². The van der Waals surface area contributed by atoms with E-state index in [2.05, 4.69) is 71.9 Å². The molecule has 0 heterocycles. The monoisotopic (exact) mass is 352 g/mol. The van der Waals surface area contributed by atoms with Crippen LogP contribution in [0.25, 0.3) is 11.1 Å². The standard InChI is InChI=1S/C25H33F/c1-15-12-18(23(3,4)5)14-21-22(15)19-11-10-17(24(6,7)16(2)26)13-20(19)25(21,8)9/h10-14,16H,1-9H3. The van der Waals surface area contributed by atoms with Gasteiger partial charge >= 0.3 is 0 Å². The summed E-state index contributed by atoms with van der Waals surface area (Å²) in [5, 5.41) is 0. The zero-order valence-electron chi connectivity index (χ0n) is 17.8. The van der Waals surface area contributed by atoms with Crippen LogP contribution in [0.5, 0.6) is 0 Å². The van der Waals surface area contributed by atoms with Gasteiger partial charge in [0.25, 0.3) is 0 Å². The van der Waals surface area contributed by atoms with E-state index in [1.807, 2.05) is 13.8 Å². The Morgan fingerprint density at radius 3 is 2.00 bits per heavy atom. The minimum Gasteiger partial charge on any atom is -0.247 e. The summed E-state index contributed by atoms with van der Waals surface area (Å²) in [4.78, 5) is 0. The van der Waals surface area contributed by atoms with E-state index in [0.717, 1.165) is 5.56 Å². The Bertz CT molecular complexity index is 860. The quantitative estimate of drug-likeness (QED) is 0.534. The summed E-state index contributed by atoms with van der Waals surface area (Å²) in [6, 6.07) is 11.3. The summed E-state index contributed by atoms with van der Waals surface area (Å²) in [5.41, 5.74) is 8.80. The van der Waals surface area contributed by atoms with Crippen LogP contribution in [0.3, 0.4) is 0 Å². The summed E-state index contributed by atoms with van der Waals surface area (Å²) in [6.45, 7) is 19.3. The maximum Gasteiger partial charge on any atom is 0.106 e. The first-order valence-electron chi connectivity index (χ1n) is 9.73. The number of halogens is 1. The van der Waals surface area contributed by atoms with Gasteiger partial charge in [-0.3, -0.25) is 0 Å². The van der Waals surface area contributed by atoms with E-state index in [9.17, 15) is 4.39 Å². The van der Waals surface area contributed by atoms with Crippen LogP contribution in [0.1, 0.15) is 83.2 Å². The number of hydrogen-bond donors (Lipinski definition) is 0. The van der Waals surface area contributed by atoms with Gasteiger partial charge in [0.2, 0.25) is 0 Å². The smallest absolute Gasteiger partial charge is 0.106 e. The second-order valence-corrected chi connectivity index (χ2v) is 10.2. The molecule has 0 N–H and O–H groups in total. The minimum absolute atomic E-state index is 0.0671. The number of alkyl halides is 1. The molecule has 1 aliphatic carbocycles. The molecule has 0 bridgehead atoms. The van der Waals surface area contributed by atoms with E-state index < -0.39 is 11.6 Å². The predicted octanol–water partition coefficient (Wildman–Crippen LogP) is 7.23. The average molecular weight is 353 g/mol. The van der Waals surface area contributed by atoms with E-state index in [4.69, 9.17) is 0 Å². The van der Waals surface area contributed by atoms with Crippen molar-refractivity contribution in [3.63, 3.8) is 0 Å². The zero-order chi connectivity index (χ0) is 19.7. The van der Waals surface area contributed by atoms with Gasteiger partial charge in [0, 0.05) is 10.8 Å². The summed E-state index contributed by atoms with van der Waals surface area (Å²) in [5.74, 6) is 0. The van der Waals surface area contributed by atoms with Crippen molar-refractivity contribution in [3.8, 4) is 11.1 Å². The lowest BCUT2D eigenvalue weighted by Crippen LogP contribution is -2.28. The number of fused-ring (bicyclic) bond motifs is 3. The Kier molecular flexibility index (Phi) is 4.18. The molecule has 26 heavy (non-hydrogen) atoms. The second-order valence-electron chi connectivity index (χ2n) is 10.2. The molecule has 3 rings (SSSR count). The summed E-state index contributed by atoms with van der Waals surface area (Å²) < 4.78 is 14.2. The highest BCUT2D eigenvalue weighted by atomic mass is 19.1. The van der Waals surface area contributed by atoms with Crippen LogP contribution in [0, 0.1) is 6.92 Å². The fraction of sp³-hybridized carbons (Fsp3) is 0.520. The van der Waals surface area contributed by atoms with Crippen molar-refractivity contribution in [2.45, 2.75) is 84.7 Å². The van der Waals surface area contributed by atoms with Crippen LogP contribution in [-0.2, 0) is 16.2 Å². The molecule has 1 atom stereocenters. The van der Waals surface area contributed by atoms with Gasteiger partial charge in [-0.1, -0.05) is 78.8 Å². The Hall–Kier alpha value is -1.63. The van der Waals surface area contributed by atoms with Crippen LogP contribution >= 0.6 is 0 Å². The molecular formula is C25H33F. The first kappa shape index (κ1) is 19.1. The molecule has 0 saturated heterocycles. The number of aryl methyl sites for hydroxylation is 1. The summed E-state index contributed by atoms with van der Waals surface area (Å²) in [6.07, 6.45) is -0.887. The van der Waals surface area contributed by atoms with Crippen molar-refractivity contribution >= 4 is 0 Å². The van der Waals surface area contributed by atoms with Gasteiger partial charge in [0.1, 0.15) is 6.17 Å². The normalized spacial score (nSPS) is 17.0. The van der Waals surface area contributed by atoms with Crippen LogP contribution in [0.2, 0.25) is 0 Å². The highest BCUT2D eigenvalue weighted by Crippen LogP contribution is 2.52. The lowest BCUT2D eigenvalue weighted by molar-refractivity contribution is 0.237. The maximum atomic E-state index is 14.2. The van der Waals surface area contributed by atoms with Crippen LogP contribution in [0.4, 0.5) is 4.39 Å². The molecule has 1 heteroatoms. The first-order valence-corrected chi connectivity index (χ1v) is 9.73. The van der Waals surface area contributed by atoms with Crippen LogP contribution < -0.4 is 0 Å². The van der Waals surface area contributed by atoms with Crippen molar-refractivity contribution in [1.82, 2.24) is 0 Å². The number of rotatable bonds is 2. The lowest BCUT2D eigenvalue weighted by atomic mass is 9.76. The molecule has 0 radical (unpaired) electrons. The van der Waals surface area contributed by atoms with E-state index in [-0.39, 0.29) is 10.8 Å². The molecule has 0 nitrogen and oxygen atoms in total. The Labute approximate surface area is 158 Å². The predicted molar refractivity (Wildman–Crippen MR) is 111 cm³/mol. The molecule has 140 valence electrons. The van der Waals surface area contributed by atoms with E-state index in [0.29, 0.717) is 0 Å². The van der Waals surface area contributed by atoms with Crippen LogP contribution in [-0.4, -0.2) is 6.17 Å². The molecule has 2 aromatic rings. The Morgan fingerprint density at radius 2 is 1.46 bits per heavy atom. The van der Waals surface area contributed by atoms with Gasteiger partial charge in [-0.15, -0.1) is 0 Å². The van der Waals surface area contributed by atoms with Crippen LogP contribution in [0.15, 0.2) is 30.3 Å². The Balaban J connectivity index is 2.25. The molecular weight excluding hydrogens is 319 g/mol. The zero-order valence-corrected chi connectivity index (χ0v) is 17.8. The van der Waals surface area contributed by atoms with Crippen molar-refractivity contribution < 1.29 is 4.39 Å². The highest BCUT2D eigenvalue weighted by molar-refractivity contribution is 5.84. The molecule has 1 unspecified atom stereocenters. The molecule has 0 fully saturated rings. The molecule has 0 aliphatic heterocycles. The maximum absolute atomic E-state index is 14.2. The third kappa shape index (κ3) is 2.71. The van der Waals surface area contributed by atoms with Crippen molar-refractivity contribution in [2.75, 3.05) is 0 Å². The fourth-order valence-electron chi connectivity index (χ4n) is 4.13. The SMILES string of the molecule is Cc1cc(C(C)(C)C)cc2c1-c1ccc(C(C)(C)C(C)F)cc1C2(C)C. The number of benzene rings is 2. The topological polar surface area (TPSA) is 0 Å². The number of hydrogen-bond acceptors (Lipinski definition) is 0. The lowest BCUT2D eigenvalue weighted by Gasteiger charge is -2.29. The summed E-state index contributed by atoms with van der Waals surface area (Å²) >= 11 is 0. The van der Waals surface area contributed by atoms with Gasteiger partial charge < -0.3 is 0 Å².